The second kappa shape index (κ2) is 9.38. The van der Waals surface area contributed by atoms with Crippen molar-refractivity contribution in [1.82, 2.24) is 0 Å². The van der Waals surface area contributed by atoms with Gasteiger partial charge in [-0.1, -0.05) is 25.1 Å². The first kappa shape index (κ1) is 20.0. The maximum Gasteiger partial charge on any atom is 0.237 e. The third-order valence-corrected chi connectivity index (χ3v) is 5.09. The molecule has 2 amide bonds. The topological polar surface area (TPSA) is 58.2 Å². The number of halogens is 1. The summed E-state index contributed by atoms with van der Waals surface area (Å²) in [5.74, 6) is -0.578. The second-order valence-corrected chi connectivity index (χ2v) is 7.29. The minimum atomic E-state index is -0.377. The molecule has 138 valence electrons. The summed E-state index contributed by atoms with van der Waals surface area (Å²) in [6, 6.07) is 11.5. The average Bonchev–Trinajstić information content (AvgIpc) is 2.63. The molecule has 0 aliphatic carbocycles. The maximum atomic E-state index is 12.9. The van der Waals surface area contributed by atoms with E-state index < -0.39 is 0 Å². The number of hydrogen-bond acceptors (Lipinski definition) is 3. The van der Waals surface area contributed by atoms with Gasteiger partial charge in [-0.15, -0.1) is 11.8 Å². The summed E-state index contributed by atoms with van der Waals surface area (Å²) in [6.07, 6.45) is 0.832. The number of amides is 2. The van der Waals surface area contributed by atoms with Gasteiger partial charge in [0.1, 0.15) is 5.82 Å². The summed E-state index contributed by atoms with van der Waals surface area (Å²) in [5.41, 5.74) is 3.48. The van der Waals surface area contributed by atoms with Crippen molar-refractivity contribution in [3.8, 4) is 0 Å². The van der Waals surface area contributed by atoms with Crippen molar-refractivity contribution >= 4 is 35.0 Å². The van der Waals surface area contributed by atoms with Crippen LogP contribution in [0.2, 0.25) is 0 Å². The molecule has 1 unspecified atom stereocenters. The molecule has 0 saturated heterocycles. The van der Waals surface area contributed by atoms with E-state index in [0.717, 1.165) is 23.2 Å². The largest absolute Gasteiger partial charge is 0.325 e. The molecule has 26 heavy (non-hydrogen) atoms. The van der Waals surface area contributed by atoms with E-state index in [-0.39, 0.29) is 28.6 Å². The standard InChI is InChI=1S/C20H23FN2O2S/c1-4-15-7-5-6-13(2)19(15)23-20(25)14(3)26-12-18(24)22-17-10-8-16(21)9-11-17/h5-11,14H,4,12H2,1-3H3,(H,22,24)(H,23,25). The Morgan fingerprint density at radius 2 is 1.81 bits per heavy atom. The van der Waals surface area contributed by atoms with Gasteiger partial charge in [0.2, 0.25) is 11.8 Å². The van der Waals surface area contributed by atoms with E-state index in [1.807, 2.05) is 32.0 Å². The highest BCUT2D eigenvalue weighted by molar-refractivity contribution is 8.01. The lowest BCUT2D eigenvalue weighted by molar-refractivity contribution is -0.115. The molecule has 0 aromatic heterocycles. The molecule has 0 heterocycles. The summed E-state index contributed by atoms with van der Waals surface area (Å²) in [5, 5.41) is 5.28. The van der Waals surface area contributed by atoms with E-state index in [2.05, 4.69) is 10.6 Å². The Balaban J connectivity index is 1.87. The van der Waals surface area contributed by atoms with Crippen molar-refractivity contribution in [1.29, 1.82) is 0 Å². The quantitative estimate of drug-likeness (QED) is 0.755. The molecule has 2 rings (SSSR count). The lowest BCUT2D eigenvalue weighted by atomic mass is 10.1. The molecule has 0 spiro atoms. The van der Waals surface area contributed by atoms with Gasteiger partial charge in [-0.2, -0.15) is 0 Å². The Bertz CT molecular complexity index is 778. The van der Waals surface area contributed by atoms with Crippen LogP contribution >= 0.6 is 11.8 Å². The molecule has 0 radical (unpaired) electrons. The summed E-state index contributed by atoms with van der Waals surface area (Å²) in [6.45, 7) is 5.78. The van der Waals surface area contributed by atoms with Gasteiger partial charge < -0.3 is 10.6 Å². The number of benzene rings is 2. The third kappa shape index (κ3) is 5.59. The molecular weight excluding hydrogens is 351 g/mol. The van der Waals surface area contributed by atoms with Gasteiger partial charge in [-0.25, -0.2) is 4.39 Å². The number of anilines is 2. The Kier molecular flexibility index (Phi) is 7.21. The van der Waals surface area contributed by atoms with Gasteiger partial charge in [-0.3, -0.25) is 9.59 Å². The van der Waals surface area contributed by atoms with E-state index in [0.29, 0.717) is 5.69 Å². The Morgan fingerprint density at radius 3 is 2.46 bits per heavy atom. The number of thioether (sulfide) groups is 1. The summed E-state index contributed by atoms with van der Waals surface area (Å²) < 4.78 is 12.9. The van der Waals surface area contributed by atoms with Crippen LogP contribution in [0.25, 0.3) is 0 Å². The van der Waals surface area contributed by atoms with E-state index in [1.165, 1.54) is 36.0 Å². The molecule has 2 aromatic carbocycles. The number of aryl methyl sites for hydroxylation is 2. The predicted octanol–water partition coefficient (Wildman–Crippen LogP) is 4.40. The second-order valence-electron chi connectivity index (χ2n) is 5.96. The lowest BCUT2D eigenvalue weighted by Gasteiger charge is -2.16. The zero-order valence-corrected chi connectivity index (χ0v) is 16.0. The number of nitrogens with one attached hydrogen (secondary N) is 2. The van der Waals surface area contributed by atoms with Crippen LogP contribution in [0.3, 0.4) is 0 Å². The van der Waals surface area contributed by atoms with Crippen LogP contribution in [0.4, 0.5) is 15.8 Å². The fourth-order valence-corrected chi connectivity index (χ4v) is 3.12. The molecule has 2 aromatic rings. The van der Waals surface area contributed by atoms with Crippen LogP contribution in [0, 0.1) is 12.7 Å². The highest BCUT2D eigenvalue weighted by atomic mass is 32.2. The van der Waals surface area contributed by atoms with Crippen molar-refractivity contribution in [2.24, 2.45) is 0 Å². The Morgan fingerprint density at radius 1 is 1.12 bits per heavy atom. The van der Waals surface area contributed by atoms with Crippen LogP contribution in [0.5, 0.6) is 0 Å². The number of hydrogen-bond donors (Lipinski definition) is 2. The molecular formula is C20H23FN2O2S. The minimum absolute atomic E-state index is 0.131. The van der Waals surface area contributed by atoms with Gasteiger partial charge >= 0.3 is 0 Å². The first-order valence-electron chi connectivity index (χ1n) is 8.47. The molecule has 0 saturated carbocycles. The smallest absolute Gasteiger partial charge is 0.237 e. The highest BCUT2D eigenvalue weighted by Gasteiger charge is 2.17. The molecule has 0 fully saturated rings. The Labute approximate surface area is 157 Å². The lowest BCUT2D eigenvalue weighted by Crippen LogP contribution is -2.25. The number of carbonyl (C=O) groups is 2. The van der Waals surface area contributed by atoms with Crippen molar-refractivity contribution in [3.05, 3.63) is 59.4 Å². The van der Waals surface area contributed by atoms with Gasteiger partial charge in [0.15, 0.2) is 0 Å². The summed E-state index contributed by atoms with van der Waals surface area (Å²) >= 11 is 1.26. The normalized spacial score (nSPS) is 11.7. The summed E-state index contributed by atoms with van der Waals surface area (Å²) in [7, 11) is 0. The molecule has 6 heteroatoms. The number of rotatable bonds is 7. The van der Waals surface area contributed by atoms with E-state index in [1.54, 1.807) is 6.92 Å². The first-order valence-corrected chi connectivity index (χ1v) is 9.52. The third-order valence-electron chi connectivity index (χ3n) is 3.95. The highest BCUT2D eigenvalue weighted by Crippen LogP contribution is 2.23. The van der Waals surface area contributed by atoms with Crippen LogP contribution < -0.4 is 10.6 Å². The SMILES string of the molecule is CCc1cccc(C)c1NC(=O)C(C)SCC(=O)Nc1ccc(F)cc1. The first-order chi connectivity index (χ1) is 12.4. The predicted molar refractivity (Wildman–Crippen MR) is 106 cm³/mol. The van der Waals surface area contributed by atoms with Crippen molar-refractivity contribution in [3.63, 3.8) is 0 Å². The van der Waals surface area contributed by atoms with E-state index in [9.17, 15) is 14.0 Å². The number of para-hydroxylation sites is 1. The molecule has 2 N–H and O–H groups in total. The molecule has 0 aliphatic heterocycles. The van der Waals surface area contributed by atoms with Gasteiger partial charge in [0, 0.05) is 11.4 Å². The van der Waals surface area contributed by atoms with Crippen LogP contribution in [0.15, 0.2) is 42.5 Å². The van der Waals surface area contributed by atoms with Gasteiger partial charge in [0.25, 0.3) is 0 Å². The fourth-order valence-electron chi connectivity index (χ4n) is 2.43. The maximum absolute atomic E-state index is 12.9. The van der Waals surface area contributed by atoms with Crippen molar-refractivity contribution < 1.29 is 14.0 Å². The minimum Gasteiger partial charge on any atom is -0.325 e. The molecule has 0 aliphatic rings. The molecule has 1 atom stereocenters. The van der Waals surface area contributed by atoms with E-state index in [4.69, 9.17) is 0 Å². The zero-order chi connectivity index (χ0) is 19.1. The molecule has 4 nitrogen and oxygen atoms in total. The van der Waals surface area contributed by atoms with E-state index >= 15 is 0 Å². The van der Waals surface area contributed by atoms with Crippen LogP contribution in [0.1, 0.15) is 25.0 Å². The fraction of sp³-hybridized carbons (Fsp3) is 0.300. The van der Waals surface area contributed by atoms with Crippen LogP contribution in [-0.4, -0.2) is 22.8 Å². The van der Waals surface area contributed by atoms with Crippen LogP contribution in [-0.2, 0) is 16.0 Å². The monoisotopic (exact) mass is 374 g/mol. The zero-order valence-electron chi connectivity index (χ0n) is 15.1. The number of carbonyl (C=O) groups excluding carboxylic acids is 2. The van der Waals surface area contributed by atoms with Crippen molar-refractivity contribution in [2.45, 2.75) is 32.4 Å². The Hall–Kier alpha value is -2.34. The van der Waals surface area contributed by atoms with Gasteiger partial charge in [-0.05, 0) is 55.7 Å². The molecule has 0 bridgehead atoms. The van der Waals surface area contributed by atoms with Crippen molar-refractivity contribution in [2.75, 3.05) is 16.4 Å². The summed E-state index contributed by atoms with van der Waals surface area (Å²) in [4.78, 5) is 24.4. The average molecular weight is 374 g/mol. The van der Waals surface area contributed by atoms with Gasteiger partial charge in [0.05, 0.1) is 11.0 Å².